The summed E-state index contributed by atoms with van der Waals surface area (Å²) in [5.41, 5.74) is 0.762. The van der Waals surface area contributed by atoms with Crippen LogP contribution in [0.5, 0.6) is 5.75 Å². The summed E-state index contributed by atoms with van der Waals surface area (Å²) < 4.78 is 10.9. The maximum absolute atomic E-state index is 13.0. The van der Waals surface area contributed by atoms with Gasteiger partial charge in [-0.15, -0.1) is 0 Å². The molecule has 0 aliphatic carbocycles. The van der Waals surface area contributed by atoms with Crippen molar-refractivity contribution < 1.29 is 28.7 Å². The zero-order chi connectivity index (χ0) is 21.1. The van der Waals surface area contributed by atoms with E-state index in [4.69, 9.17) is 9.15 Å². The van der Waals surface area contributed by atoms with Crippen molar-refractivity contribution in [2.24, 2.45) is 0 Å². The first-order chi connectivity index (χ1) is 13.8. The summed E-state index contributed by atoms with van der Waals surface area (Å²) in [6.07, 6.45) is 1.43. The van der Waals surface area contributed by atoms with Gasteiger partial charge >= 0.3 is 0 Å². The zero-order valence-electron chi connectivity index (χ0n) is 17.1. The molecule has 2 heterocycles. The van der Waals surface area contributed by atoms with Gasteiger partial charge < -0.3 is 24.1 Å². The quantitative estimate of drug-likeness (QED) is 0.661. The molecule has 0 bridgehead atoms. The molecule has 29 heavy (non-hydrogen) atoms. The molecule has 0 radical (unpaired) electrons. The number of furan rings is 1. The van der Waals surface area contributed by atoms with Gasteiger partial charge in [0.1, 0.15) is 5.75 Å². The lowest BCUT2D eigenvalue weighted by Gasteiger charge is -2.27. The van der Waals surface area contributed by atoms with Crippen molar-refractivity contribution in [3.63, 3.8) is 0 Å². The van der Waals surface area contributed by atoms with Crippen molar-refractivity contribution in [2.45, 2.75) is 26.0 Å². The van der Waals surface area contributed by atoms with Crippen LogP contribution in [-0.2, 0) is 4.79 Å². The molecule has 0 spiro atoms. The van der Waals surface area contributed by atoms with E-state index in [1.807, 2.05) is 40.1 Å². The van der Waals surface area contributed by atoms with Crippen LogP contribution in [0.1, 0.15) is 36.0 Å². The number of carbonyl (C=O) groups excluding carboxylic acids is 2. The van der Waals surface area contributed by atoms with Crippen molar-refractivity contribution in [3.05, 3.63) is 65.3 Å². The molecule has 1 atom stereocenters. The predicted octanol–water partition coefficient (Wildman–Crippen LogP) is 1.79. The van der Waals surface area contributed by atoms with E-state index in [2.05, 4.69) is 0 Å². The maximum Gasteiger partial charge on any atom is 0.290 e. The molecular formula is C22H27N2O5+. The Morgan fingerprint density at radius 2 is 1.93 bits per heavy atom. The molecule has 0 fully saturated rings. The molecular weight excluding hydrogens is 372 g/mol. The molecule has 154 valence electrons. The largest absolute Gasteiger partial charge is 0.503 e. The Morgan fingerprint density at radius 1 is 1.24 bits per heavy atom. The standard InChI is InChI=1S/C22H26N2O5/c1-14(2)29-16-9-7-15(8-10-16)19-18(20(25)17-6-5-13-28-17)21(26)22(27)24(19)12-11-23(3)4/h5-10,13-14,19,26H,11-12H2,1-4H3/p+1/t19-/m1/s1. The summed E-state index contributed by atoms with van der Waals surface area (Å²) in [7, 11) is 3.96. The van der Waals surface area contributed by atoms with Crippen LogP contribution in [0.15, 0.2) is 58.4 Å². The highest BCUT2D eigenvalue weighted by molar-refractivity contribution is 6.15. The van der Waals surface area contributed by atoms with Crippen molar-refractivity contribution in [1.29, 1.82) is 0 Å². The Hall–Kier alpha value is -3.06. The summed E-state index contributed by atoms with van der Waals surface area (Å²) in [5.74, 6) is -0.775. The number of amides is 1. The van der Waals surface area contributed by atoms with Crippen molar-refractivity contribution in [1.82, 2.24) is 4.90 Å². The summed E-state index contributed by atoms with van der Waals surface area (Å²) >= 11 is 0. The lowest BCUT2D eigenvalue weighted by molar-refractivity contribution is -0.857. The Labute approximate surface area is 170 Å². The number of hydrogen-bond acceptors (Lipinski definition) is 5. The van der Waals surface area contributed by atoms with Gasteiger partial charge in [-0.3, -0.25) is 9.59 Å². The predicted molar refractivity (Wildman–Crippen MR) is 107 cm³/mol. The van der Waals surface area contributed by atoms with Gasteiger partial charge in [0.05, 0.1) is 51.2 Å². The third-order valence-corrected chi connectivity index (χ3v) is 4.71. The zero-order valence-corrected chi connectivity index (χ0v) is 17.1. The van der Waals surface area contributed by atoms with Crippen LogP contribution in [-0.4, -0.2) is 55.0 Å². The second-order valence-corrected chi connectivity index (χ2v) is 7.66. The molecule has 1 aliphatic rings. The lowest BCUT2D eigenvalue weighted by Crippen LogP contribution is -3.06. The molecule has 7 nitrogen and oxygen atoms in total. The minimum atomic E-state index is -0.687. The Kier molecular flexibility index (Phi) is 6.08. The second-order valence-electron chi connectivity index (χ2n) is 7.66. The highest BCUT2D eigenvalue weighted by Crippen LogP contribution is 2.39. The molecule has 1 aromatic heterocycles. The monoisotopic (exact) mass is 399 g/mol. The van der Waals surface area contributed by atoms with Gasteiger partial charge in [0, 0.05) is 0 Å². The molecule has 1 aliphatic heterocycles. The van der Waals surface area contributed by atoms with E-state index in [-0.39, 0.29) is 17.4 Å². The summed E-state index contributed by atoms with van der Waals surface area (Å²) in [6, 6.07) is 9.68. The SMILES string of the molecule is CC(C)Oc1ccc([C@@H]2C(C(=O)c3ccco3)=C(O)C(=O)N2CC[NH+](C)C)cc1. The van der Waals surface area contributed by atoms with Crippen molar-refractivity contribution >= 4 is 11.7 Å². The first-order valence-corrected chi connectivity index (χ1v) is 9.67. The van der Waals surface area contributed by atoms with Crippen LogP contribution in [0, 0.1) is 0 Å². The number of hydrogen-bond donors (Lipinski definition) is 2. The van der Waals surface area contributed by atoms with Crippen molar-refractivity contribution in [2.75, 3.05) is 27.2 Å². The van der Waals surface area contributed by atoms with Crippen LogP contribution in [0.4, 0.5) is 0 Å². The van der Waals surface area contributed by atoms with Crippen LogP contribution in [0.2, 0.25) is 0 Å². The number of aliphatic hydroxyl groups excluding tert-OH is 1. The molecule has 2 N–H and O–H groups in total. The highest BCUT2D eigenvalue weighted by Gasteiger charge is 2.44. The van der Waals surface area contributed by atoms with Crippen molar-refractivity contribution in [3.8, 4) is 5.75 Å². The molecule has 3 rings (SSSR count). The van der Waals surface area contributed by atoms with E-state index in [1.165, 1.54) is 17.2 Å². The fourth-order valence-electron chi connectivity index (χ4n) is 3.35. The summed E-state index contributed by atoms with van der Waals surface area (Å²) in [5, 5.41) is 10.6. The van der Waals surface area contributed by atoms with Crippen LogP contribution >= 0.6 is 0 Å². The second kappa shape index (κ2) is 8.53. The van der Waals surface area contributed by atoms with Gasteiger partial charge in [-0.2, -0.15) is 0 Å². The number of nitrogens with zero attached hydrogens (tertiary/aromatic N) is 1. The number of ether oxygens (including phenoxy) is 1. The average molecular weight is 399 g/mol. The van der Waals surface area contributed by atoms with Crippen LogP contribution < -0.4 is 9.64 Å². The molecule has 1 amide bonds. The third-order valence-electron chi connectivity index (χ3n) is 4.71. The Morgan fingerprint density at radius 3 is 2.48 bits per heavy atom. The number of ketones is 1. The number of aliphatic hydroxyl groups is 1. The number of likely N-dealkylation sites (N-methyl/N-ethyl adjacent to an activating group) is 1. The molecule has 0 unspecified atom stereocenters. The minimum absolute atomic E-state index is 0.0357. The molecule has 0 saturated carbocycles. The van der Waals surface area contributed by atoms with E-state index >= 15 is 0 Å². The highest BCUT2D eigenvalue weighted by atomic mass is 16.5. The number of quaternary nitrogens is 1. The first-order valence-electron chi connectivity index (χ1n) is 9.67. The van der Waals surface area contributed by atoms with Crippen LogP contribution in [0.25, 0.3) is 0 Å². The van der Waals surface area contributed by atoms with E-state index in [1.54, 1.807) is 18.2 Å². The average Bonchev–Trinajstić information content (AvgIpc) is 3.28. The third kappa shape index (κ3) is 4.35. The molecule has 0 saturated heterocycles. The van der Waals surface area contributed by atoms with E-state index in [9.17, 15) is 14.7 Å². The lowest BCUT2D eigenvalue weighted by atomic mass is 9.95. The van der Waals surface area contributed by atoms with Gasteiger partial charge in [0.15, 0.2) is 11.5 Å². The maximum atomic E-state index is 13.0. The molecule has 7 heteroatoms. The molecule has 2 aromatic rings. The number of carbonyl (C=O) groups is 2. The molecule has 1 aromatic carbocycles. The fourth-order valence-corrected chi connectivity index (χ4v) is 3.35. The topological polar surface area (TPSA) is 84.4 Å². The van der Waals surface area contributed by atoms with E-state index in [0.717, 1.165) is 10.5 Å². The Balaban J connectivity index is 2.00. The normalized spacial score (nSPS) is 17.0. The number of Topliss-reactive ketones (excluding diaryl/α,β-unsaturated/α-hetero) is 1. The Bertz CT molecular complexity index is 898. The van der Waals surface area contributed by atoms with Gasteiger partial charge in [-0.05, 0) is 43.7 Å². The van der Waals surface area contributed by atoms with Crippen LogP contribution in [0.3, 0.4) is 0 Å². The number of benzene rings is 1. The summed E-state index contributed by atoms with van der Waals surface area (Å²) in [4.78, 5) is 28.5. The number of rotatable bonds is 8. The van der Waals surface area contributed by atoms with Gasteiger partial charge in [0.2, 0.25) is 5.78 Å². The van der Waals surface area contributed by atoms with Gasteiger partial charge in [0.25, 0.3) is 5.91 Å². The van der Waals surface area contributed by atoms with E-state index in [0.29, 0.717) is 18.8 Å². The minimum Gasteiger partial charge on any atom is -0.503 e. The smallest absolute Gasteiger partial charge is 0.290 e. The van der Waals surface area contributed by atoms with E-state index < -0.39 is 23.5 Å². The van der Waals surface area contributed by atoms with Gasteiger partial charge in [-0.25, -0.2) is 0 Å². The fraction of sp³-hybridized carbons (Fsp3) is 0.364. The summed E-state index contributed by atoms with van der Waals surface area (Å²) in [6.45, 7) is 4.95. The van der Waals surface area contributed by atoms with Gasteiger partial charge in [-0.1, -0.05) is 12.1 Å². The first kappa shape index (κ1) is 20.7. The number of nitrogens with one attached hydrogen (secondary N) is 1.